The van der Waals surface area contributed by atoms with E-state index >= 15 is 0 Å². The van der Waals surface area contributed by atoms with Crippen molar-refractivity contribution in [3.05, 3.63) is 70.8 Å². The third-order valence-electron chi connectivity index (χ3n) is 3.95. The normalized spacial score (nSPS) is 10.9. The van der Waals surface area contributed by atoms with E-state index in [1.165, 1.54) is 5.56 Å². The highest BCUT2D eigenvalue weighted by atomic mass is 19.1. The summed E-state index contributed by atoms with van der Waals surface area (Å²) in [5, 5.41) is 2.65. The predicted octanol–water partition coefficient (Wildman–Crippen LogP) is 3.74. The van der Waals surface area contributed by atoms with Crippen LogP contribution in [0, 0.1) is 11.6 Å². The summed E-state index contributed by atoms with van der Waals surface area (Å²) >= 11 is 0. The Kier molecular flexibility index (Phi) is 6.44. The summed E-state index contributed by atoms with van der Waals surface area (Å²) < 4.78 is 26.4. The summed E-state index contributed by atoms with van der Waals surface area (Å²) in [6.45, 7) is 7.43. The van der Waals surface area contributed by atoms with E-state index in [4.69, 9.17) is 0 Å². The average Bonchev–Trinajstić information content (AvgIpc) is 2.58. The van der Waals surface area contributed by atoms with Crippen LogP contribution >= 0.6 is 0 Å². The van der Waals surface area contributed by atoms with Gasteiger partial charge in [0.25, 0.3) is 5.91 Å². The van der Waals surface area contributed by atoms with Crippen molar-refractivity contribution < 1.29 is 13.6 Å². The van der Waals surface area contributed by atoms with Crippen LogP contribution in [0.1, 0.15) is 35.3 Å². The fourth-order valence-corrected chi connectivity index (χ4v) is 2.42. The minimum absolute atomic E-state index is 0.158. The van der Waals surface area contributed by atoms with Crippen molar-refractivity contribution in [3.8, 4) is 0 Å². The molecule has 3 nitrogen and oxygen atoms in total. The monoisotopic (exact) mass is 332 g/mol. The Morgan fingerprint density at radius 2 is 1.62 bits per heavy atom. The molecule has 0 aromatic heterocycles. The van der Waals surface area contributed by atoms with E-state index in [2.05, 4.69) is 24.1 Å². The second kappa shape index (κ2) is 8.55. The smallest absolute Gasteiger partial charge is 0.254 e. The molecule has 0 radical (unpaired) electrons. The molecule has 0 aliphatic rings. The van der Waals surface area contributed by atoms with Gasteiger partial charge in [-0.25, -0.2) is 8.78 Å². The van der Waals surface area contributed by atoms with Gasteiger partial charge in [-0.1, -0.05) is 38.1 Å². The number of rotatable bonds is 7. The Hall–Kier alpha value is -2.27. The number of carbonyl (C=O) groups is 1. The number of benzene rings is 2. The molecule has 0 saturated heterocycles. The van der Waals surface area contributed by atoms with E-state index in [0.717, 1.165) is 37.3 Å². The molecule has 1 amide bonds. The molecule has 0 atom stereocenters. The molecule has 2 aromatic carbocycles. The maximum absolute atomic E-state index is 13.6. The lowest BCUT2D eigenvalue weighted by molar-refractivity contribution is 0.0947. The van der Waals surface area contributed by atoms with Crippen molar-refractivity contribution in [3.63, 3.8) is 0 Å². The second-order valence-corrected chi connectivity index (χ2v) is 5.58. The molecule has 0 heterocycles. The first-order chi connectivity index (χ1) is 11.5. The number of hydrogen-bond acceptors (Lipinski definition) is 2. The zero-order chi connectivity index (χ0) is 17.5. The number of amides is 1. The lowest BCUT2D eigenvalue weighted by Gasteiger charge is -2.18. The average molecular weight is 332 g/mol. The van der Waals surface area contributed by atoms with Gasteiger partial charge in [-0.2, -0.15) is 0 Å². The maximum Gasteiger partial charge on any atom is 0.254 e. The van der Waals surface area contributed by atoms with Crippen LogP contribution in [-0.4, -0.2) is 23.9 Å². The standard InChI is InChI=1S/C19H22F2N2O/c1-3-23(4-2)13-15-7-5-14(6-8-15)12-22-19(24)17-10-9-16(20)11-18(17)21/h5-11H,3-4,12-13H2,1-2H3,(H,22,24). The van der Waals surface area contributed by atoms with Crippen molar-refractivity contribution in [1.29, 1.82) is 0 Å². The second-order valence-electron chi connectivity index (χ2n) is 5.58. The highest BCUT2D eigenvalue weighted by molar-refractivity contribution is 5.94. The Morgan fingerprint density at radius 1 is 1.00 bits per heavy atom. The molecule has 2 aromatic rings. The minimum Gasteiger partial charge on any atom is -0.348 e. The van der Waals surface area contributed by atoms with Crippen molar-refractivity contribution >= 4 is 5.91 Å². The van der Waals surface area contributed by atoms with E-state index < -0.39 is 17.5 Å². The van der Waals surface area contributed by atoms with Gasteiger partial charge in [-0.05, 0) is 36.3 Å². The molecule has 0 saturated carbocycles. The highest BCUT2D eigenvalue weighted by Crippen LogP contribution is 2.11. The summed E-state index contributed by atoms with van der Waals surface area (Å²) in [6.07, 6.45) is 0. The number of carbonyl (C=O) groups excluding carboxylic acids is 1. The first-order valence-electron chi connectivity index (χ1n) is 8.07. The van der Waals surface area contributed by atoms with Crippen molar-refractivity contribution in [2.24, 2.45) is 0 Å². The molecule has 0 bridgehead atoms. The number of nitrogens with zero attached hydrogens (tertiary/aromatic N) is 1. The van der Waals surface area contributed by atoms with Gasteiger partial charge < -0.3 is 5.32 Å². The Balaban J connectivity index is 1.93. The molecule has 0 spiro atoms. The lowest BCUT2D eigenvalue weighted by atomic mass is 10.1. The molecule has 24 heavy (non-hydrogen) atoms. The molecule has 1 N–H and O–H groups in total. The van der Waals surface area contributed by atoms with E-state index in [-0.39, 0.29) is 5.56 Å². The Bertz CT molecular complexity index is 682. The first kappa shape index (κ1) is 18.1. The first-order valence-corrected chi connectivity index (χ1v) is 8.07. The van der Waals surface area contributed by atoms with Crippen molar-refractivity contribution in [1.82, 2.24) is 10.2 Å². The van der Waals surface area contributed by atoms with Gasteiger partial charge in [-0.3, -0.25) is 9.69 Å². The zero-order valence-corrected chi connectivity index (χ0v) is 14.0. The summed E-state index contributed by atoms with van der Waals surface area (Å²) in [5.74, 6) is -2.12. The maximum atomic E-state index is 13.6. The van der Waals surface area contributed by atoms with Crippen LogP contribution in [0.5, 0.6) is 0 Å². The van der Waals surface area contributed by atoms with Crippen molar-refractivity contribution in [2.45, 2.75) is 26.9 Å². The molecule has 0 fully saturated rings. The summed E-state index contributed by atoms with van der Waals surface area (Å²) in [4.78, 5) is 14.3. The van der Waals surface area contributed by atoms with Crippen molar-refractivity contribution in [2.75, 3.05) is 13.1 Å². The van der Waals surface area contributed by atoms with E-state index in [1.807, 2.05) is 24.3 Å². The fourth-order valence-electron chi connectivity index (χ4n) is 2.42. The third-order valence-corrected chi connectivity index (χ3v) is 3.95. The quantitative estimate of drug-likeness (QED) is 0.838. The minimum atomic E-state index is -0.859. The predicted molar refractivity (Wildman–Crippen MR) is 90.6 cm³/mol. The van der Waals surface area contributed by atoms with Gasteiger partial charge in [0.1, 0.15) is 11.6 Å². The third kappa shape index (κ3) is 4.86. The molecule has 128 valence electrons. The van der Waals surface area contributed by atoms with E-state index in [1.54, 1.807) is 0 Å². The topological polar surface area (TPSA) is 32.3 Å². The van der Waals surface area contributed by atoms with Crippen LogP contribution in [0.25, 0.3) is 0 Å². The van der Waals surface area contributed by atoms with Gasteiger partial charge in [0.15, 0.2) is 0 Å². The molecule has 0 aliphatic heterocycles. The Labute approximate surface area is 141 Å². The van der Waals surface area contributed by atoms with E-state index in [0.29, 0.717) is 12.6 Å². The number of halogens is 2. The van der Waals surface area contributed by atoms with Crippen LogP contribution in [0.3, 0.4) is 0 Å². The molecule has 0 aliphatic carbocycles. The zero-order valence-electron chi connectivity index (χ0n) is 14.0. The summed E-state index contributed by atoms with van der Waals surface area (Å²) in [6, 6.07) is 10.9. The molecular formula is C19H22F2N2O. The fraction of sp³-hybridized carbons (Fsp3) is 0.316. The van der Waals surface area contributed by atoms with Gasteiger partial charge in [-0.15, -0.1) is 0 Å². The van der Waals surface area contributed by atoms with Gasteiger partial charge in [0.05, 0.1) is 5.56 Å². The largest absolute Gasteiger partial charge is 0.348 e. The molecule has 0 unspecified atom stereocenters. The number of hydrogen-bond donors (Lipinski definition) is 1. The van der Waals surface area contributed by atoms with Crippen LogP contribution in [0.4, 0.5) is 8.78 Å². The molecule has 5 heteroatoms. The SMILES string of the molecule is CCN(CC)Cc1ccc(CNC(=O)c2ccc(F)cc2F)cc1. The lowest BCUT2D eigenvalue weighted by Crippen LogP contribution is -2.24. The van der Waals surface area contributed by atoms with Crippen LogP contribution in [0.15, 0.2) is 42.5 Å². The number of nitrogens with one attached hydrogen (secondary N) is 1. The van der Waals surface area contributed by atoms with Gasteiger partial charge in [0.2, 0.25) is 0 Å². The molecular weight excluding hydrogens is 310 g/mol. The van der Waals surface area contributed by atoms with Crippen LogP contribution < -0.4 is 5.32 Å². The van der Waals surface area contributed by atoms with Crippen LogP contribution in [0.2, 0.25) is 0 Å². The Morgan fingerprint density at radius 3 is 2.21 bits per heavy atom. The van der Waals surface area contributed by atoms with Crippen LogP contribution in [-0.2, 0) is 13.1 Å². The summed E-state index contributed by atoms with van der Waals surface area (Å²) in [7, 11) is 0. The summed E-state index contributed by atoms with van der Waals surface area (Å²) in [5.41, 5.74) is 1.97. The molecule has 2 rings (SSSR count). The van der Waals surface area contributed by atoms with Gasteiger partial charge >= 0.3 is 0 Å². The van der Waals surface area contributed by atoms with E-state index in [9.17, 15) is 13.6 Å². The van der Waals surface area contributed by atoms with Gasteiger partial charge in [0, 0.05) is 19.2 Å². The highest BCUT2D eigenvalue weighted by Gasteiger charge is 2.12.